The summed E-state index contributed by atoms with van der Waals surface area (Å²) in [4.78, 5) is 22.1. The van der Waals surface area contributed by atoms with Crippen molar-refractivity contribution in [3.63, 3.8) is 0 Å². The van der Waals surface area contributed by atoms with Crippen molar-refractivity contribution in [2.75, 3.05) is 0 Å². The monoisotopic (exact) mass is 214 g/mol. The Hall–Kier alpha value is -2.36. The first kappa shape index (κ1) is 8.91. The Bertz CT molecular complexity index is 726. The van der Waals surface area contributed by atoms with Crippen molar-refractivity contribution in [2.45, 2.75) is 0 Å². The summed E-state index contributed by atoms with van der Waals surface area (Å²) in [6.45, 7) is 0. The third-order valence-electron chi connectivity index (χ3n) is 2.36. The highest BCUT2D eigenvalue weighted by atomic mass is 16.4. The van der Waals surface area contributed by atoms with Gasteiger partial charge in [-0.2, -0.15) is 0 Å². The second-order valence-electron chi connectivity index (χ2n) is 3.44. The van der Waals surface area contributed by atoms with Gasteiger partial charge in [0, 0.05) is 22.9 Å². The lowest BCUT2D eigenvalue weighted by atomic mass is 10.1. The molecule has 3 aromatic rings. The zero-order valence-corrected chi connectivity index (χ0v) is 8.10. The highest BCUT2D eigenvalue weighted by Crippen LogP contribution is 2.20. The van der Waals surface area contributed by atoms with E-state index in [1.807, 2.05) is 0 Å². The molecule has 16 heavy (non-hydrogen) atoms. The molecule has 2 heterocycles. The molecule has 0 spiro atoms. The van der Waals surface area contributed by atoms with E-state index in [2.05, 4.69) is 0 Å². The Labute approximate surface area is 88.7 Å². The van der Waals surface area contributed by atoms with Crippen LogP contribution in [0.25, 0.3) is 21.9 Å². The van der Waals surface area contributed by atoms with Gasteiger partial charge in [-0.3, -0.25) is 0 Å². The molecule has 0 aliphatic heterocycles. The first-order chi connectivity index (χ1) is 7.72. The zero-order valence-electron chi connectivity index (χ0n) is 8.10. The van der Waals surface area contributed by atoms with E-state index in [9.17, 15) is 9.59 Å². The van der Waals surface area contributed by atoms with E-state index in [1.54, 1.807) is 24.3 Å². The molecule has 4 heteroatoms. The van der Waals surface area contributed by atoms with Gasteiger partial charge in [0.1, 0.15) is 11.2 Å². The van der Waals surface area contributed by atoms with Gasteiger partial charge in [0.2, 0.25) is 0 Å². The van der Waals surface area contributed by atoms with Crippen LogP contribution < -0.4 is 11.3 Å². The summed E-state index contributed by atoms with van der Waals surface area (Å²) in [6.07, 6.45) is 0. The van der Waals surface area contributed by atoms with Gasteiger partial charge in [0.15, 0.2) is 0 Å². The van der Waals surface area contributed by atoms with Crippen LogP contribution >= 0.6 is 0 Å². The lowest BCUT2D eigenvalue weighted by Crippen LogP contribution is -1.96. The average Bonchev–Trinajstić information content (AvgIpc) is 2.26. The molecule has 1 aromatic carbocycles. The van der Waals surface area contributed by atoms with Crippen LogP contribution in [0.3, 0.4) is 0 Å². The van der Waals surface area contributed by atoms with Gasteiger partial charge < -0.3 is 8.83 Å². The second kappa shape index (κ2) is 3.06. The fraction of sp³-hybridized carbons (Fsp3) is 0. The zero-order chi connectivity index (χ0) is 11.1. The maximum absolute atomic E-state index is 11.0. The first-order valence-electron chi connectivity index (χ1n) is 4.70. The molecule has 0 bridgehead atoms. The van der Waals surface area contributed by atoms with E-state index in [0.29, 0.717) is 11.2 Å². The van der Waals surface area contributed by atoms with Crippen molar-refractivity contribution in [1.29, 1.82) is 0 Å². The minimum Gasteiger partial charge on any atom is -0.423 e. The fourth-order valence-electron chi connectivity index (χ4n) is 1.63. The third-order valence-corrected chi connectivity index (χ3v) is 2.36. The van der Waals surface area contributed by atoms with E-state index in [4.69, 9.17) is 8.83 Å². The molecule has 0 unspecified atom stereocenters. The highest BCUT2D eigenvalue weighted by molar-refractivity contribution is 5.92. The molecule has 0 N–H and O–H groups in total. The number of rotatable bonds is 0. The van der Waals surface area contributed by atoms with Gasteiger partial charge in [-0.1, -0.05) is 0 Å². The fourth-order valence-corrected chi connectivity index (χ4v) is 1.63. The van der Waals surface area contributed by atoms with Crippen LogP contribution in [0.4, 0.5) is 0 Å². The van der Waals surface area contributed by atoms with Crippen LogP contribution in [0.5, 0.6) is 0 Å². The summed E-state index contributed by atoms with van der Waals surface area (Å²) in [7, 11) is 0. The number of hydrogen-bond acceptors (Lipinski definition) is 4. The lowest BCUT2D eigenvalue weighted by Gasteiger charge is -1.98. The molecule has 78 valence electrons. The van der Waals surface area contributed by atoms with E-state index in [-0.39, 0.29) is 0 Å². The van der Waals surface area contributed by atoms with Crippen molar-refractivity contribution in [1.82, 2.24) is 0 Å². The molecular formula is C12H6O4. The van der Waals surface area contributed by atoms with Crippen molar-refractivity contribution in [2.24, 2.45) is 0 Å². The Kier molecular flexibility index (Phi) is 1.71. The number of benzene rings is 1. The Morgan fingerprint density at radius 1 is 0.688 bits per heavy atom. The molecule has 3 rings (SSSR count). The summed E-state index contributed by atoms with van der Waals surface area (Å²) in [5, 5.41) is 1.45. The number of hydrogen-bond donors (Lipinski definition) is 0. The molecule has 4 nitrogen and oxygen atoms in total. The Morgan fingerprint density at radius 3 is 1.56 bits per heavy atom. The maximum Gasteiger partial charge on any atom is 0.336 e. The van der Waals surface area contributed by atoms with E-state index in [0.717, 1.165) is 10.8 Å². The summed E-state index contributed by atoms with van der Waals surface area (Å²) >= 11 is 0. The SMILES string of the molecule is O=c1ccc2cc3oc(=O)ccc3cc2o1. The van der Waals surface area contributed by atoms with Crippen LogP contribution in [-0.4, -0.2) is 0 Å². The largest absolute Gasteiger partial charge is 0.423 e. The predicted molar refractivity (Wildman–Crippen MR) is 58.5 cm³/mol. The van der Waals surface area contributed by atoms with Gasteiger partial charge in [0.05, 0.1) is 0 Å². The van der Waals surface area contributed by atoms with Crippen LogP contribution in [0.2, 0.25) is 0 Å². The van der Waals surface area contributed by atoms with Crippen molar-refractivity contribution >= 4 is 21.9 Å². The molecule has 0 saturated carbocycles. The van der Waals surface area contributed by atoms with E-state index < -0.39 is 11.3 Å². The molecular weight excluding hydrogens is 208 g/mol. The molecule has 0 aliphatic rings. The standard InChI is InChI=1S/C12H6O4/c13-11-3-1-7-5-10-8(6-9(7)15-11)2-4-12(14)16-10/h1-6H. The third kappa shape index (κ3) is 1.32. The first-order valence-corrected chi connectivity index (χ1v) is 4.70. The highest BCUT2D eigenvalue weighted by Gasteiger charge is 2.02. The topological polar surface area (TPSA) is 60.4 Å². The van der Waals surface area contributed by atoms with Crippen molar-refractivity contribution in [3.8, 4) is 0 Å². The minimum absolute atomic E-state index is 0.399. The van der Waals surface area contributed by atoms with Crippen LogP contribution in [0, 0.1) is 0 Å². The second-order valence-corrected chi connectivity index (χ2v) is 3.44. The molecule has 0 radical (unpaired) electrons. The predicted octanol–water partition coefficient (Wildman–Crippen LogP) is 1.90. The molecule has 0 fully saturated rings. The summed E-state index contributed by atoms with van der Waals surface area (Å²) in [6, 6.07) is 9.27. The lowest BCUT2D eigenvalue weighted by molar-refractivity contribution is 0.554. The maximum atomic E-state index is 11.0. The van der Waals surface area contributed by atoms with Gasteiger partial charge in [-0.25, -0.2) is 9.59 Å². The normalized spacial score (nSPS) is 11.0. The molecule has 0 saturated heterocycles. The minimum atomic E-state index is -0.399. The van der Waals surface area contributed by atoms with Crippen LogP contribution in [0.15, 0.2) is 54.8 Å². The van der Waals surface area contributed by atoms with Gasteiger partial charge >= 0.3 is 11.3 Å². The summed E-state index contributed by atoms with van der Waals surface area (Å²) in [5.74, 6) is 0. The molecule has 0 aliphatic carbocycles. The van der Waals surface area contributed by atoms with Crippen molar-refractivity contribution in [3.05, 3.63) is 57.2 Å². The van der Waals surface area contributed by atoms with Crippen molar-refractivity contribution < 1.29 is 8.83 Å². The molecule has 0 amide bonds. The van der Waals surface area contributed by atoms with Gasteiger partial charge in [-0.15, -0.1) is 0 Å². The molecule has 0 atom stereocenters. The van der Waals surface area contributed by atoms with Gasteiger partial charge in [-0.05, 0) is 24.3 Å². The Morgan fingerprint density at radius 2 is 1.12 bits per heavy atom. The van der Waals surface area contributed by atoms with Crippen LogP contribution in [-0.2, 0) is 0 Å². The summed E-state index contributed by atoms with van der Waals surface area (Å²) < 4.78 is 10.0. The number of fused-ring (bicyclic) bond motifs is 2. The quantitative estimate of drug-likeness (QED) is 0.423. The smallest absolute Gasteiger partial charge is 0.336 e. The summed E-state index contributed by atoms with van der Waals surface area (Å²) in [5.41, 5.74) is 0.163. The van der Waals surface area contributed by atoms with E-state index >= 15 is 0 Å². The van der Waals surface area contributed by atoms with Crippen LogP contribution in [0.1, 0.15) is 0 Å². The molecule has 2 aromatic heterocycles. The van der Waals surface area contributed by atoms with Gasteiger partial charge in [0.25, 0.3) is 0 Å². The van der Waals surface area contributed by atoms with E-state index in [1.165, 1.54) is 12.1 Å². The average molecular weight is 214 g/mol. The Balaban J connectivity index is 2.53.